The predicted molar refractivity (Wildman–Crippen MR) is 103 cm³/mol. The van der Waals surface area contributed by atoms with E-state index in [0.717, 1.165) is 22.3 Å². The Kier molecular flexibility index (Phi) is 4.54. The van der Waals surface area contributed by atoms with Crippen molar-refractivity contribution in [2.24, 2.45) is 0 Å². The van der Waals surface area contributed by atoms with Crippen LogP contribution in [-0.4, -0.2) is 11.8 Å². The average molecular weight is 331 g/mol. The second-order valence-corrected chi connectivity index (χ2v) is 7.36. The number of aryl methyl sites for hydroxylation is 1. The molecule has 0 saturated heterocycles. The molecule has 0 radical (unpaired) electrons. The number of fused-ring (bicyclic) bond motifs is 1. The van der Waals surface area contributed by atoms with Gasteiger partial charge in [0.15, 0.2) is 5.78 Å². The van der Waals surface area contributed by atoms with Gasteiger partial charge in [-0.2, -0.15) is 0 Å². The minimum absolute atomic E-state index is 0.0214. The molecule has 0 bridgehead atoms. The van der Waals surface area contributed by atoms with E-state index < -0.39 is 0 Å². The number of carbonyl (C=O) groups excluding carboxylic acids is 1. The van der Waals surface area contributed by atoms with Gasteiger partial charge in [-0.25, -0.2) is 0 Å². The third-order valence-corrected chi connectivity index (χ3v) is 5.50. The summed E-state index contributed by atoms with van der Waals surface area (Å²) in [5, 5.41) is 3.80. The van der Waals surface area contributed by atoms with Gasteiger partial charge in [-0.15, -0.1) is 0 Å². The highest BCUT2D eigenvalue weighted by atomic mass is 16.1. The lowest BCUT2D eigenvalue weighted by Crippen LogP contribution is -2.34. The van der Waals surface area contributed by atoms with Crippen molar-refractivity contribution in [1.82, 2.24) is 5.32 Å². The molecule has 2 aromatic carbocycles. The van der Waals surface area contributed by atoms with Crippen LogP contribution < -0.4 is 5.32 Å². The minimum Gasteiger partial charge on any atom is -0.303 e. The Labute approximate surface area is 150 Å². The second-order valence-electron chi connectivity index (χ2n) is 7.36. The molecule has 2 aliphatic rings. The van der Waals surface area contributed by atoms with E-state index >= 15 is 0 Å². The molecule has 1 unspecified atom stereocenters. The molecule has 2 aromatic rings. The van der Waals surface area contributed by atoms with Crippen LogP contribution >= 0.6 is 0 Å². The molecule has 1 fully saturated rings. The average Bonchev–Trinajstić information content (AvgIpc) is 2.91. The van der Waals surface area contributed by atoms with E-state index in [1.165, 1.54) is 37.7 Å². The first kappa shape index (κ1) is 16.3. The summed E-state index contributed by atoms with van der Waals surface area (Å²) in [6.45, 7) is 2.08. The Balaban J connectivity index is 1.70. The van der Waals surface area contributed by atoms with E-state index in [0.29, 0.717) is 6.04 Å². The van der Waals surface area contributed by atoms with Gasteiger partial charge < -0.3 is 5.32 Å². The summed E-state index contributed by atoms with van der Waals surface area (Å²) in [5.74, 6) is 0.171. The number of Topliss-reactive ketones (excluding diaryl/α,β-unsaturated/α-hetero) is 1. The highest BCUT2D eigenvalue weighted by molar-refractivity contribution is 6.16. The smallest absolute Gasteiger partial charge is 0.191 e. The second kappa shape index (κ2) is 6.97. The largest absolute Gasteiger partial charge is 0.303 e. The maximum Gasteiger partial charge on any atom is 0.191 e. The molecular weight excluding hydrogens is 306 g/mol. The summed E-state index contributed by atoms with van der Waals surface area (Å²) in [5.41, 5.74) is 5.21. The van der Waals surface area contributed by atoms with Crippen molar-refractivity contribution in [1.29, 1.82) is 0 Å². The molecule has 4 rings (SSSR count). The van der Waals surface area contributed by atoms with Crippen LogP contribution in [-0.2, 0) is 0 Å². The standard InChI is InChI=1S/C23H25NO/c1-16-11-13-17(14-12-16)15-21-22(24-18-7-3-2-4-8-18)19-9-5-6-10-20(19)23(21)25/h5-6,9-15,18,22,24H,2-4,7-8H2,1H3/b21-15+. The van der Waals surface area contributed by atoms with E-state index in [4.69, 9.17) is 0 Å². The lowest BCUT2D eigenvalue weighted by Gasteiger charge is -2.27. The number of rotatable bonds is 3. The molecule has 0 aliphatic heterocycles. The van der Waals surface area contributed by atoms with Crippen molar-refractivity contribution in [2.75, 3.05) is 0 Å². The minimum atomic E-state index is 0.0214. The third kappa shape index (κ3) is 3.32. The molecule has 2 heteroatoms. The fourth-order valence-electron chi connectivity index (χ4n) is 4.09. The predicted octanol–water partition coefficient (Wildman–Crippen LogP) is 5.24. The zero-order chi connectivity index (χ0) is 17.2. The van der Waals surface area contributed by atoms with Crippen LogP contribution in [0.3, 0.4) is 0 Å². The van der Waals surface area contributed by atoms with Crippen LogP contribution in [0.4, 0.5) is 0 Å². The first-order valence-corrected chi connectivity index (χ1v) is 9.40. The highest BCUT2D eigenvalue weighted by Gasteiger charge is 2.35. The molecule has 0 aromatic heterocycles. The van der Waals surface area contributed by atoms with Crippen LogP contribution in [0.25, 0.3) is 6.08 Å². The van der Waals surface area contributed by atoms with E-state index in [2.05, 4.69) is 48.6 Å². The fraction of sp³-hybridized carbons (Fsp3) is 0.348. The van der Waals surface area contributed by atoms with Crippen LogP contribution in [0.1, 0.15) is 65.2 Å². The Bertz CT molecular complexity index is 797. The zero-order valence-electron chi connectivity index (χ0n) is 14.8. The van der Waals surface area contributed by atoms with Crippen LogP contribution in [0.15, 0.2) is 54.1 Å². The number of carbonyl (C=O) groups is 1. The van der Waals surface area contributed by atoms with Crippen LogP contribution in [0.5, 0.6) is 0 Å². The lowest BCUT2D eigenvalue weighted by molar-refractivity contribution is 0.103. The molecule has 128 valence electrons. The summed E-state index contributed by atoms with van der Waals surface area (Å²) in [6, 6.07) is 17.0. The van der Waals surface area contributed by atoms with E-state index in [9.17, 15) is 4.79 Å². The van der Waals surface area contributed by atoms with Crippen molar-refractivity contribution < 1.29 is 4.79 Å². The number of ketones is 1. The summed E-state index contributed by atoms with van der Waals surface area (Å²) < 4.78 is 0. The molecule has 1 N–H and O–H groups in total. The third-order valence-electron chi connectivity index (χ3n) is 5.50. The van der Waals surface area contributed by atoms with Crippen molar-refractivity contribution in [3.63, 3.8) is 0 Å². The molecule has 25 heavy (non-hydrogen) atoms. The van der Waals surface area contributed by atoms with E-state index in [-0.39, 0.29) is 11.8 Å². The summed E-state index contributed by atoms with van der Waals surface area (Å²) >= 11 is 0. The Morgan fingerprint density at radius 1 is 0.960 bits per heavy atom. The number of benzene rings is 2. The molecule has 0 amide bonds. The van der Waals surface area contributed by atoms with Crippen molar-refractivity contribution in [2.45, 2.75) is 51.1 Å². The van der Waals surface area contributed by atoms with Gasteiger partial charge in [0, 0.05) is 17.2 Å². The first-order chi connectivity index (χ1) is 12.2. The van der Waals surface area contributed by atoms with Crippen molar-refractivity contribution in [3.05, 3.63) is 76.4 Å². The molecule has 0 heterocycles. The normalized spacial score (nSPS) is 22.4. The molecular formula is C23H25NO. The lowest BCUT2D eigenvalue weighted by atomic mass is 9.93. The van der Waals surface area contributed by atoms with Gasteiger partial charge in [0.2, 0.25) is 0 Å². The number of hydrogen-bond acceptors (Lipinski definition) is 2. The van der Waals surface area contributed by atoms with Gasteiger partial charge in [0.1, 0.15) is 0 Å². The number of nitrogens with one attached hydrogen (secondary N) is 1. The molecule has 1 saturated carbocycles. The Hall–Kier alpha value is -2.19. The van der Waals surface area contributed by atoms with Gasteiger partial charge in [-0.1, -0.05) is 73.4 Å². The van der Waals surface area contributed by atoms with Gasteiger partial charge in [-0.3, -0.25) is 4.79 Å². The maximum atomic E-state index is 13.0. The Morgan fingerprint density at radius 3 is 2.44 bits per heavy atom. The SMILES string of the molecule is Cc1ccc(/C=C2/C(=O)c3ccccc3C2NC2CCCCC2)cc1. The topological polar surface area (TPSA) is 29.1 Å². The quantitative estimate of drug-likeness (QED) is 0.779. The monoisotopic (exact) mass is 331 g/mol. The summed E-state index contributed by atoms with van der Waals surface area (Å²) in [7, 11) is 0. The summed E-state index contributed by atoms with van der Waals surface area (Å²) in [6.07, 6.45) is 8.41. The first-order valence-electron chi connectivity index (χ1n) is 9.40. The summed E-state index contributed by atoms with van der Waals surface area (Å²) in [4.78, 5) is 13.0. The van der Waals surface area contributed by atoms with Crippen molar-refractivity contribution >= 4 is 11.9 Å². The van der Waals surface area contributed by atoms with E-state index in [1.54, 1.807) is 0 Å². The van der Waals surface area contributed by atoms with E-state index in [1.807, 2.05) is 18.2 Å². The van der Waals surface area contributed by atoms with Crippen LogP contribution in [0, 0.1) is 6.92 Å². The van der Waals surface area contributed by atoms with Crippen molar-refractivity contribution in [3.8, 4) is 0 Å². The number of hydrogen-bond donors (Lipinski definition) is 1. The fourth-order valence-corrected chi connectivity index (χ4v) is 4.09. The van der Waals surface area contributed by atoms with Gasteiger partial charge in [0.25, 0.3) is 0 Å². The van der Waals surface area contributed by atoms with Gasteiger partial charge >= 0.3 is 0 Å². The molecule has 1 atom stereocenters. The molecule has 0 spiro atoms. The molecule has 2 aliphatic carbocycles. The van der Waals surface area contributed by atoms with Crippen LogP contribution in [0.2, 0.25) is 0 Å². The van der Waals surface area contributed by atoms with Gasteiger partial charge in [0.05, 0.1) is 6.04 Å². The molecule has 2 nitrogen and oxygen atoms in total. The maximum absolute atomic E-state index is 13.0. The zero-order valence-corrected chi connectivity index (χ0v) is 14.8. The Morgan fingerprint density at radius 2 is 1.68 bits per heavy atom. The highest BCUT2D eigenvalue weighted by Crippen LogP contribution is 2.38. The van der Waals surface area contributed by atoms with Gasteiger partial charge in [-0.05, 0) is 37.0 Å².